The standard InChI is InChI=1S/C19H27N5O2S/c20-9-8-19(13-24(14-19)27(21,25)26)23-10-6-16(7-11-23)22-18-12-17(18)15-4-2-1-3-5-15/h1-5,16-18,22H,6-8,10-14H2,(H2,21,25,26)/t17-,18?/m0/s1. The second kappa shape index (κ2) is 7.15. The van der Waals surface area contributed by atoms with Gasteiger partial charge in [0.1, 0.15) is 0 Å². The van der Waals surface area contributed by atoms with E-state index in [-0.39, 0.29) is 5.54 Å². The van der Waals surface area contributed by atoms with Crippen molar-refractivity contribution >= 4 is 10.2 Å². The first kappa shape index (κ1) is 18.8. The van der Waals surface area contributed by atoms with Gasteiger partial charge in [0.25, 0.3) is 10.2 Å². The molecule has 3 aliphatic rings. The number of benzene rings is 1. The molecule has 0 radical (unpaired) electrons. The minimum absolute atomic E-state index is 0.330. The fourth-order valence-corrected chi connectivity index (χ4v) is 5.47. The Balaban J connectivity index is 1.28. The van der Waals surface area contributed by atoms with Gasteiger partial charge in [-0.05, 0) is 24.8 Å². The number of likely N-dealkylation sites (tertiary alicyclic amines) is 1. The molecule has 2 atom stereocenters. The van der Waals surface area contributed by atoms with Crippen LogP contribution in [0.5, 0.6) is 0 Å². The monoisotopic (exact) mass is 389 g/mol. The minimum atomic E-state index is -3.66. The molecule has 1 saturated carbocycles. The maximum atomic E-state index is 11.5. The maximum absolute atomic E-state index is 11.5. The quantitative estimate of drug-likeness (QED) is 0.748. The molecule has 7 nitrogen and oxygen atoms in total. The van der Waals surface area contributed by atoms with Gasteiger partial charge in [-0.1, -0.05) is 30.3 Å². The van der Waals surface area contributed by atoms with Crippen LogP contribution >= 0.6 is 0 Å². The Kier molecular flexibility index (Phi) is 4.99. The average molecular weight is 390 g/mol. The van der Waals surface area contributed by atoms with E-state index in [0.717, 1.165) is 25.9 Å². The summed E-state index contributed by atoms with van der Waals surface area (Å²) in [5.74, 6) is 0.629. The molecule has 1 unspecified atom stereocenters. The lowest BCUT2D eigenvalue weighted by Crippen LogP contribution is -2.73. The van der Waals surface area contributed by atoms with E-state index >= 15 is 0 Å². The smallest absolute Gasteiger partial charge is 0.277 e. The molecule has 1 aromatic rings. The largest absolute Gasteiger partial charge is 0.311 e. The van der Waals surface area contributed by atoms with E-state index in [0.29, 0.717) is 37.5 Å². The van der Waals surface area contributed by atoms with Gasteiger partial charge in [-0.25, -0.2) is 5.14 Å². The average Bonchev–Trinajstić information content (AvgIpc) is 3.37. The van der Waals surface area contributed by atoms with Crippen molar-refractivity contribution in [2.24, 2.45) is 5.14 Å². The molecule has 27 heavy (non-hydrogen) atoms. The number of piperidine rings is 1. The molecule has 2 aliphatic heterocycles. The number of hydrogen-bond acceptors (Lipinski definition) is 5. The summed E-state index contributed by atoms with van der Waals surface area (Å²) in [7, 11) is -3.66. The third kappa shape index (κ3) is 3.89. The second-order valence-corrected chi connectivity index (χ2v) is 9.71. The molecule has 8 heteroatoms. The van der Waals surface area contributed by atoms with Crippen LogP contribution in [0.2, 0.25) is 0 Å². The van der Waals surface area contributed by atoms with Crippen LogP contribution in [0.1, 0.15) is 37.2 Å². The summed E-state index contributed by atoms with van der Waals surface area (Å²) in [6.07, 6.45) is 3.60. The van der Waals surface area contributed by atoms with Crippen molar-refractivity contribution in [3.05, 3.63) is 35.9 Å². The van der Waals surface area contributed by atoms with Crippen LogP contribution in [0.25, 0.3) is 0 Å². The summed E-state index contributed by atoms with van der Waals surface area (Å²) in [5, 5.41) is 18.2. The van der Waals surface area contributed by atoms with E-state index in [9.17, 15) is 13.7 Å². The number of rotatable bonds is 6. The molecule has 0 spiro atoms. The summed E-state index contributed by atoms with van der Waals surface area (Å²) in [6.45, 7) is 2.44. The second-order valence-electron chi connectivity index (χ2n) is 8.16. The molecular formula is C19H27N5O2S. The van der Waals surface area contributed by atoms with E-state index in [1.165, 1.54) is 16.3 Å². The van der Waals surface area contributed by atoms with Gasteiger partial charge in [0.05, 0.1) is 18.0 Å². The Morgan fingerprint density at radius 1 is 1.22 bits per heavy atom. The fraction of sp³-hybridized carbons (Fsp3) is 0.632. The zero-order valence-electron chi connectivity index (χ0n) is 15.4. The molecule has 3 N–H and O–H groups in total. The topological polar surface area (TPSA) is 102 Å². The van der Waals surface area contributed by atoms with Crippen molar-refractivity contribution in [1.82, 2.24) is 14.5 Å². The highest BCUT2D eigenvalue weighted by atomic mass is 32.2. The van der Waals surface area contributed by atoms with Crippen molar-refractivity contribution in [2.45, 2.75) is 49.2 Å². The SMILES string of the molecule is N#CCC1(N2CCC(NC3C[C@H]3c3ccccc3)CC2)CN(S(N)(=O)=O)C1. The van der Waals surface area contributed by atoms with Crippen LogP contribution < -0.4 is 10.5 Å². The van der Waals surface area contributed by atoms with Crippen molar-refractivity contribution in [2.75, 3.05) is 26.2 Å². The Hall–Kier alpha value is -1.50. The number of nitriles is 1. The Labute approximate surface area is 161 Å². The van der Waals surface area contributed by atoms with E-state index in [1.807, 2.05) is 0 Å². The van der Waals surface area contributed by atoms with Gasteiger partial charge < -0.3 is 5.32 Å². The van der Waals surface area contributed by atoms with Crippen molar-refractivity contribution in [3.63, 3.8) is 0 Å². The molecule has 146 valence electrons. The molecule has 0 amide bonds. The molecule has 4 rings (SSSR count). The molecule has 2 saturated heterocycles. The van der Waals surface area contributed by atoms with Crippen LogP contribution in [0, 0.1) is 11.3 Å². The van der Waals surface area contributed by atoms with Gasteiger partial charge >= 0.3 is 0 Å². The molecule has 1 aliphatic carbocycles. The summed E-state index contributed by atoms with van der Waals surface area (Å²) >= 11 is 0. The molecule has 1 aromatic carbocycles. The molecule has 2 heterocycles. The fourth-order valence-electron chi connectivity index (χ4n) is 4.63. The summed E-state index contributed by atoms with van der Waals surface area (Å²) < 4.78 is 24.3. The van der Waals surface area contributed by atoms with Gasteiger partial charge in [-0.15, -0.1) is 0 Å². The Morgan fingerprint density at radius 3 is 2.48 bits per heavy atom. The molecule has 3 fully saturated rings. The van der Waals surface area contributed by atoms with E-state index in [2.05, 4.69) is 46.6 Å². The predicted octanol–water partition coefficient (Wildman–Crippen LogP) is 0.768. The molecular weight excluding hydrogens is 362 g/mol. The van der Waals surface area contributed by atoms with Gasteiger partial charge in [0.15, 0.2) is 0 Å². The maximum Gasteiger partial charge on any atom is 0.277 e. The van der Waals surface area contributed by atoms with Crippen LogP contribution in [-0.2, 0) is 10.2 Å². The van der Waals surface area contributed by atoms with Crippen LogP contribution in [0.15, 0.2) is 30.3 Å². The van der Waals surface area contributed by atoms with Crippen LogP contribution in [-0.4, -0.2) is 61.4 Å². The number of nitrogens with zero attached hydrogens (tertiary/aromatic N) is 3. The lowest BCUT2D eigenvalue weighted by Gasteiger charge is -2.55. The Bertz CT molecular complexity index is 808. The normalized spacial score (nSPS) is 29.0. The summed E-state index contributed by atoms with van der Waals surface area (Å²) in [6, 6.07) is 14.0. The number of hydrogen-bond donors (Lipinski definition) is 2. The highest BCUT2D eigenvalue weighted by Crippen LogP contribution is 2.41. The third-order valence-corrected chi connectivity index (χ3v) is 7.32. The van der Waals surface area contributed by atoms with Gasteiger partial charge in [-0.3, -0.25) is 4.90 Å². The first-order valence-corrected chi connectivity index (χ1v) is 11.1. The highest BCUT2D eigenvalue weighted by Gasteiger charge is 2.51. The van der Waals surface area contributed by atoms with Crippen molar-refractivity contribution in [1.29, 1.82) is 5.26 Å². The first-order chi connectivity index (χ1) is 12.9. The minimum Gasteiger partial charge on any atom is -0.311 e. The third-order valence-electron chi connectivity index (χ3n) is 6.34. The zero-order valence-corrected chi connectivity index (χ0v) is 16.2. The Morgan fingerprint density at radius 2 is 1.89 bits per heavy atom. The molecule has 0 aromatic heterocycles. The predicted molar refractivity (Wildman–Crippen MR) is 103 cm³/mol. The number of nitrogens with one attached hydrogen (secondary N) is 1. The molecule has 0 bridgehead atoms. The van der Waals surface area contributed by atoms with Crippen molar-refractivity contribution in [3.8, 4) is 6.07 Å². The van der Waals surface area contributed by atoms with Gasteiger partial charge in [0, 0.05) is 44.2 Å². The first-order valence-electron chi connectivity index (χ1n) is 9.62. The van der Waals surface area contributed by atoms with Crippen molar-refractivity contribution < 1.29 is 8.42 Å². The zero-order chi connectivity index (χ0) is 19.1. The van der Waals surface area contributed by atoms with Gasteiger partial charge in [0.2, 0.25) is 0 Å². The lowest BCUT2D eigenvalue weighted by atomic mass is 9.84. The lowest BCUT2D eigenvalue weighted by molar-refractivity contribution is -0.0255. The van der Waals surface area contributed by atoms with Gasteiger partial charge in [-0.2, -0.15) is 18.0 Å². The highest BCUT2D eigenvalue weighted by molar-refractivity contribution is 7.86. The summed E-state index contributed by atoms with van der Waals surface area (Å²) in [4.78, 5) is 2.30. The van der Waals surface area contributed by atoms with E-state index in [4.69, 9.17) is 5.14 Å². The van der Waals surface area contributed by atoms with E-state index in [1.54, 1.807) is 0 Å². The van der Waals surface area contributed by atoms with E-state index < -0.39 is 10.2 Å². The summed E-state index contributed by atoms with van der Waals surface area (Å²) in [5.41, 5.74) is 1.05. The van der Waals surface area contributed by atoms with Crippen LogP contribution in [0.3, 0.4) is 0 Å². The van der Waals surface area contributed by atoms with Crippen LogP contribution in [0.4, 0.5) is 0 Å². The number of nitrogens with two attached hydrogens (primary N) is 1.